The normalized spacial score (nSPS) is 36.9. The van der Waals surface area contributed by atoms with E-state index in [-0.39, 0.29) is 0 Å². The fourth-order valence-electron chi connectivity index (χ4n) is 0.923. The average Bonchev–Trinajstić information content (AvgIpc) is 2.41. The van der Waals surface area contributed by atoms with Crippen LogP contribution in [-0.2, 0) is 4.79 Å². The molecule has 11 heavy (non-hydrogen) atoms. The van der Waals surface area contributed by atoms with Crippen LogP contribution in [0.4, 0.5) is 13.2 Å². The monoisotopic (exact) mass is 169 g/mol. The molecule has 1 unspecified atom stereocenters. The van der Waals surface area contributed by atoms with Gasteiger partial charge in [-0.2, -0.15) is 13.2 Å². The number of carboxylic acid groups (broad SMARTS) is 1. The van der Waals surface area contributed by atoms with Gasteiger partial charge < -0.3 is 10.8 Å². The number of nitrogens with two attached hydrogens (primary N) is 1. The van der Waals surface area contributed by atoms with Crippen LogP contribution in [0.15, 0.2) is 0 Å². The van der Waals surface area contributed by atoms with E-state index in [1.54, 1.807) is 0 Å². The van der Waals surface area contributed by atoms with Crippen LogP contribution < -0.4 is 5.73 Å². The van der Waals surface area contributed by atoms with Crippen LogP contribution in [0.1, 0.15) is 6.42 Å². The lowest BCUT2D eigenvalue weighted by molar-refractivity contribution is -0.161. The second-order valence-corrected chi connectivity index (χ2v) is 2.64. The molecule has 1 saturated carbocycles. The molecule has 0 saturated heterocycles. The highest BCUT2D eigenvalue weighted by Crippen LogP contribution is 2.51. The zero-order valence-electron chi connectivity index (χ0n) is 5.35. The van der Waals surface area contributed by atoms with Crippen LogP contribution >= 0.6 is 0 Å². The minimum absolute atomic E-state index is 0.508. The highest BCUT2D eigenvalue weighted by Gasteiger charge is 2.69. The van der Waals surface area contributed by atoms with E-state index in [2.05, 4.69) is 0 Å². The Balaban J connectivity index is 2.68. The SMILES string of the molecule is N[C@@]1(C(=O)O)CC1C(F)(F)F. The Bertz CT molecular complexity index is 202. The molecule has 0 aromatic carbocycles. The number of aliphatic carboxylic acids is 1. The predicted octanol–water partition coefficient (Wildman–Crippen LogP) is 0.351. The summed E-state index contributed by atoms with van der Waals surface area (Å²) < 4.78 is 35.3. The molecule has 0 radical (unpaired) electrons. The molecule has 1 aliphatic rings. The van der Waals surface area contributed by atoms with Gasteiger partial charge in [0.2, 0.25) is 0 Å². The zero-order valence-corrected chi connectivity index (χ0v) is 5.35. The number of carbonyl (C=O) groups is 1. The van der Waals surface area contributed by atoms with Crippen LogP contribution in [0, 0.1) is 5.92 Å². The highest BCUT2D eigenvalue weighted by molar-refractivity contribution is 5.83. The van der Waals surface area contributed by atoms with Gasteiger partial charge in [0.15, 0.2) is 0 Å². The molecule has 0 aromatic rings. The van der Waals surface area contributed by atoms with Gasteiger partial charge in [-0.1, -0.05) is 0 Å². The van der Waals surface area contributed by atoms with Gasteiger partial charge in [0.25, 0.3) is 0 Å². The Kier molecular flexibility index (Phi) is 1.42. The Morgan fingerprint density at radius 1 is 1.64 bits per heavy atom. The minimum atomic E-state index is -4.48. The molecule has 3 nitrogen and oxygen atoms in total. The molecule has 3 N–H and O–H groups in total. The van der Waals surface area contributed by atoms with Gasteiger partial charge in [-0.15, -0.1) is 0 Å². The van der Waals surface area contributed by atoms with Crippen molar-refractivity contribution in [2.75, 3.05) is 0 Å². The molecule has 0 heterocycles. The fraction of sp³-hybridized carbons (Fsp3) is 0.800. The Morgan fingerprint density at radius 2 is 2.09 bits per heavy atom. The first-order valence-corrected chi connectivity index (χ1v) is 2.87. The van der Waals surface area contributed by atoms with E-state index >= 15 is 0 Å². The van der Waals surface area contributed by atoms with Crippen LogP contribution in [0.5, 0.6) is 0 Å². The van der Waals surface area contributed by atoms with E-state index in [1.807, 2.05) is 0 Å². The standard InChI is InChI=1S/C5H6F3NO2/c6-5(7,8)2-1-4(2,9)3(10)11/h2H,1,9H2,(H,10,11)/t2?,4-/m0/s1. The van der Waals surface area contributed by atoms with Crippen LogP contribution in [0.3, 0.4) is 0 Å². The summed E-state index contributed by atoms with van der Waals surface area (Å²) in [6.45, 7) is 0. The van der Waals surface area contributed by atoms with Crippen molar-refractivity contribution in [1.29, 1.82) is 0 Å². The molecule has 0 aromatic heterocycles. The van der Waals surface area contributed by atoms with E-state index in [4.69, 9.17) is 10.8 Å². The average molecular weight is 169 g/mol. The zero-order chi connectivity index (χ0) is 8.86. The quantitative estimate of drug-likeness (QED) is 0.595. The van der Waals surface area contributed by atoms with Crippen LogP contribution in [-0.4, -0.2) is 22.8 Å². The Hall–Kier alpha value is -0.780. The summed E-state index contributed by atoms with van der Waals surface area (Å²) in [6, 6.07) is 0. The number of rotatable bonds is 1. The van der Waals surface area contributed by atoms with Crippen molar-refractivity contribution in [2.24, 2.45) is 11.7 Å². The van der Waals surface area contributed by atoms with Crippen LogP contribution in [0.25, 0.3) is 0 Å². The van der Waals surface area contributed by atoms with Crippen molar-refractivity contribution in [3.8, 4) is 0 Å². The van der Waals surface area contributed by atoms with Gasteiger partial charge >= 0.3 is 12.1 Å². The third-order valence-corrected chi connectivity index (χ3v) is 1.80. The summed E-state index contributed by atoms with van der Waals surface area (Å²) in [5.41, 5.74) is 2.84. The minimum Gasteiger partial charge on any atom is -0.480 e. The van der Waals surface area contributed by atoms with Gasteiger partial charge in [-0.3, -0.25) is 4.79 Å². The Morgan fingerprint density at radius 3 is 2.18 bits per heavy atom. The van der Waals surface area contributed by atoms with Gasteiger partial charge in [-0.05, 0) is 6.42 Å². The van der Waals surface area contributed by atoms with E-state index < -0.39 is 30.0 Å². The lowest BCUT2D eigenvalue weighted by Gasteiger charge is -2.07. The molecule has 2 atom stereocenters. The first kappa shape index (κ1) is 8.32. The van der Waals surface area contributed by atoms with Crippen molar-refractivity contribution in [2.45, 2.75) is 18.1 Å². The summed E-state index contributed by atoms with van der Waals surface area (Å²) in [4.78, 5) is 10.1. The first-order valence-electron chi connectivity index (χ1n) is 2.87. The molecule has 1 fully saturated rings. The number of halogens is 3. The first-order chi connectivity index (χ1) is 4.78. The van der Waals surface area contributed by atoms with Crippen molar-refractivity contribution in [3.63, 3.8) is 0 Å². The van der Waals surface area contributed by atoms with Gasteiger partial charge in [0.05, 0.1) is 5.92 Å². The van der Waals surface area contributed by atoms with Crippen molar-refractivity contribution in [1.82, 2.24) is 0 Å². The largest absolute Gasteiger partial charge is 0.480 e. The van der Waals surface area contributed by atoms with E-state index in [9.17, 15) is 18.0 Å². The fourth-order valence-corrected chi connectivity index (χ4v) is 0.923. The molecule has 1 rings (SSSR count). The highest BCUT2D eigenvalue weighted by atomic mass is 19.4. The van der Waals surface area contributed by atoms with Crippen LogP contribution in [0.2, 0.25) is 0 Å². The number of hydrogen-bond acceptors (Lipinski definition) is 2. The lowest BCUT2D eigenvalue weighted by atomic mass is 10.2. The van der Waals surface area contributed by atoms with Crippen molar-refractivity contribution < 1.29 is 23.1 Å². The molecule has 6 heteroatoms. The van der Waals surface area contributed by atoms with Crippen molar-refractivity contribution >= 4 is 5.97 Å². The molecule has 64 valence electrons. The predicted molar refractivity (Wildman–Crippen MR) is 28.7 cm³/mol. The molecular formula is C5H6F3NO2. The maximum absolute atomic E-state index is 11.8. The maximum Gasteiger partial charge on any atom is 0.394 e. The maximum atomic E-state index is 11.8. The summed E-state index contributed by atoms with van der Waals surface area (Å²) in [5.74, 6) is -3.45. The third kappa shape index (κ3) is 1.18. The van der Waals surface area contributed by atoms with Gasteiger partial charge in [0.1, 0.15) is 5.54 Å². The molecule has 0 aliphatic heterocycles. The third-order valence-electron chi connectivity index (χ3n) is 1.80. The molecular weight excluding hydrogens is 163 g/mol. The molecule has 0 amide bonds. The molecule has 1 aliphatic carbocycles. The summed E-state index contributed by atoms with van der Waals surface area (Å²) in [6.07, 6.45) is -4.99. The summed E-state index contributed by atoms with van der Waals surface area (Å²) in [7, 11) is 0. The summed E-state index contributed by atoms with van der Waals surface area (Å²) >= 11 is 0. The summed E-state index contributed by atoms with van der Waals surface area (Å²) in [5, 5.41) is 8.22. The van der Waals surface area contributed by atoms with Gasteiger partial charge in [0, 0.05) is 0 Å². The smallest absolute Gasteiger partial charge is 0.394 e. The lowest BCUT2D eigenvalue weighted by Crippen LogP contribution is -2.38. The van der Waals surface area contributed by atoms with Gasteiger partial charge in [-0.25, -0.2) is 0 Å². The molecule has 0 spiro atoms. The number of hydrogen-bond donors (Lipinski definition) is 2. The number of carboxylic acids is 1. The van der Waals surface area contributed by atoms with E-state index in [0.29, 0.717) is 0 Å². The van der Waals surface area contributed by atoms with E-state index in [0.717, 1.165) is 0 Å². The van der Waals surface area contributed by atoms with Crippen molar-refractivity contribution in [3.05, 3.63) is 0 Å². The second-order valence-electron chi connectivity index (χ2n) is 2.64. The van der Waals surface area contributed by atoms with E-state index in [1.165, 1.54) is 0 Å². The second kappa shape index (κ2) is 1.88. The topological polar surface area (TPSA) is 63.3 Å². The number of alkyl halides is 3. The molecule has 0 bridgehead atoms. The Labute approximate surface area is 60.0 Å².